The van der Waals surface area contributed by atoms with E-state index in [2.05, 4.69) is 4.99 Å². The molecule has 4 nitrogen and oxygen atoms in total. The van der Waals surface area contributed by atoms with Crippen LogP contribution in [0.4, 0.5) is 5.69 Å². The van der Waals surface area contributed by atoms with E-state index in [0.717, 1.165) is 17.0 Å². The second-order valence-corrected chi connectivity index (χ2v) is 4.83. The Kier molecular flexibility index (Phi) is 3.66. The van der Waals surface area contributed by atoms with Crippen molar-refractivity contribution in [1.82, 2.24) is 0 Å². The molecule has 1 aliphatic carbocycles. The highest BCUT2D eigenvalue weighted by atomic mass is 16.5. The van der Waals surface area contributed by atoms with Crippen molar-refractivity contribution in [2.75, 3.05) is 0 Å². The third kappa shape index (κ3) is 2.86. The van der Waals surface area contributed by atoms with Gasteiger partial charge in [0.15, 0.2) is 5.78 Å². The topological polar surface area (TPSA) is 55.7 Å². The maximum absolute atomic E-state index is 11.8. The first-order valence-electron chi connectivity index (χ1n) is 6.82. The summed E-state index contributed by atoms with van der Waals surface area (Å²) in [6, 6.07) is 14.3. The predicted molar refractivity (Wildman–Crippen MR) is 83.9 cm³/mol. The summed E-state index contributed by atoms with van der Waals surface area (Å²) in [6.45, 7) is 1.36. The number of aliphatic imine (C=N–C) groups is 1. The van der Waals surface area contributed by atoms with Gasteiger partial charge < -0.3 is 4.74 Å². The van der Waals surface area contributed by atoms with Crippen LogP contribution in [0.3, 0.4) is 0 Å². The molecule has 2 aromatic carbocycles. The van der Waals surface area contributed by atoms with Crippen molar-refractivity contribution in [3.8, 4) is 5.75 Å². The second-order valence-electron chi connectivity index (χ2n) is 4.83. The van der Waals surface area contributed by atoms with Crippen LogP contribution in [0.5, 0.6) is 5.75 Å². The Balaban J connectivity index is 1.94. The second kappa shape index (κ2) is 5.77. The summed E-state index contributed by atoms with van der Waals surface area (Å²) >= 11 is 0. The number of allylic oxidation sites excluding steroid dienone is 2. The predicted octanol–water partition coefficient (Wildman–Crippen LogP) is 3.49. The van der Waals surface area contributed by atoms with Crippen molar-refractivity contribution >= 4 is 23.2 Å². The fourth-order valence-electron chi connectivity index (χ4n) is 2.25. The number of rotatable bonds is 2. The lowest BCUT2D eigenvalue weighted by Gasteiger charge is -2.11. The third-order valence-corrected chi connectivity index (χ3v) is 3.21. The molecule has 4 heteroatoms. The summed E-state index contributed by atoms with van der Waals surface area (Å²) < 4.78 is 4.98. The number of benzene rings is 2. The maximum atomic E-state index is 11.8. The third-order valence-electron chi connectivity index (χ3n) is 3.21. The average Bonchev–Trinajstić information content (AvgIpc) is 2.52. The van der Waals surface area contributed by atoms with E-state index in [-0.39, 0.29) is 11.8 Å². The van der Waals surface area contributed by atoms with E-state index in [9.17, 15) is 9.59 Å². The van der Waals surface area contributed by atoms with E-state index in [1.165, 1.54) is 13.0 Å². The van der Waals surface area contributed by atoms with Gasteiger partial charge in [-0.05, 0) is 36.4 Å². The van der Waals surface area contributed by atoms with Crippen LogP contribution < -0.4 is 4.74 Å². The highest BCUT2D eigenvalue weighted by Crippen LogP contribution is 2.23. The number of nitrogens with zero attached hydrogens (tertiary/aromatic N) is 1. The first kappa shape index (κ1) is 13.9. The zero-order valence-electron chi connectivity index (χ0n) is 11.9. The number of carbonyl (C=O) groups is 2. The highest BCUT2D eigenvalue weighted by molar-refractivity contribution is 6.24. The Labute approximate surface area is 127 Å². The molecule has 0 heterocycles. The Bertz CT molecular complexity index is 801. The number of hydrogen-bond acceptors (Lipinski definition) is 4. The average molecular weight is 291 g/mol. The number of esters is 1. The normalized spacial score (nSPS) is 14.8. The van der Waals surface area contributed by atoms with Gasteiger partial charge in [-0.15, -0.1) is 0 Å². The largest absolute Gasteiger partial charge is 0.427 e. The van der Waals surface area contributed by atoms with Gasteiger partial charge >= 0.3 is 5.97 Å². The van der Waals surface area contributed by atoms with E-state index in [1.807, 2.05) is 18.2 Å². The van der Waals surface area contributed by atoms with E-state index in [1.54, 1.807) is 36.4 Å². The van der Waals surface area contributed by atoms with Gasteiger partial charge in [-0.2, -0.15) is 0 Å². The minimum atomic E-state index is -0.360. The number of ketones is 1. The molecule has 0 unspecified atom stereocenters. The lowest BCUT2D eigenvalue weighted by molar-refractivity contribution is -0.131. The number of ether oxygens (including phenoxy) is 1. The van der Waals surface area contributed by atoms with Gasteiger partial charge in [0.25, 0.3) is 0 Å². The molecule has 0 saturated heterocycles. The van der Waals surface area contributed by atoms with Gasteiger partial charge in [0, 0.05) is 18.1 Å². The van der Waals surface area contributed by atoms with Crippen LogP contribution in [-0.2, 0) is 4.79 Å². The molecule has 0 saturated carbocycles. The summed E-state index contributed by atoms with van der Waals surface area (Å²) in [5.41, 5.74) is 2.93. The zero-order chi connectivity index (χ0) is 15.5. The molecule has 0 N–H and O–H groups in total. The number of fused-ring (bicyclic) bond motifs is 1. The van der Waals surface area contributed by atoms with Crippen LogP contribution in [0.2, 0.25) is 0 Å². The highest BCUT2D eigenvalue weighted by Gasteiger charge is 2.16. The van der Waals surface area contributed by atoms with Crippen molar-refractivity contribution in [3.63, 3.8) is 0 Å². The molecule has 108 valence electrons. The van der Waals surface area contributed by atoms with E-state index < -0.39 is 0 Å². The van der Waals surface area contributed by atoms with E-state index in [0.29, 0.717) is 11.3 Å². The molecule has 0 radical (unpaired) electrons. The van der Waals surface area contributed by atoms with Crippen molar-refractivity contribution < 1.29 is 14.3 Å². The molecule has 0 amide bonds. The van der Waals surface area contributed by atoms with Crippen LogP contribution >= 0.6 is 0 Å². The van der Waals surface area contributed by atoms with Crippen molar-refractivity contribution in [1.29, 1.82) is 0 Å². The summed E-state index contributed by atoms with van der Waals surface area (Å²) in [5.74, 6) is 0.104. The fraction of sp³-hybridized carbons (Fsp3) is 0.0556. The molecule has 0 aromatic heterocycles. The van der Waals surface area contributed by atoms with Gasteiger partial charge in [-0.25, -0.2) is 4.99 Å². The van der Waals surface area contributed by atoms with Gasteiger partial charge in [-0.3, -0.25) is 9.59 Å². The smallest absolute Gasteiger partial charge is 0.308 e. The standard InChI is InChI=1S/C18H13NO3/c1-12(20)22-14-8-6-13(7-9-14)19-17-10-11-18(21)16-5-3-2-4-15(16)17/h2-11H,1H3. The Morgan fingerprint density at radius 1 is 0.955 bits per heavy atom. The van der Waals surface area contributed by atoms with Crippen molar-refractivity contribution in [2.45, 2.75) is 6.92 Å². The lowest BCUT2D eigenvalue weighted by Crippen LogP contribution is -2.11. The Hall–Kier alpha value is -3.01. The molecular weight excluding hydrogens is 278 g/mol. The number of hydrogen-bond donors (Lipinski definition) is 0. The van der Waals surface area contributed by atoms with Gasteiger partial charge in [-0.1, -0.05) is 24.3 Å². The molecule has 0 spiro atoms. The molecular formula is C18H13NO3. The van der Waals surface area contributed by atoms with Crippen molar-refractivity contribution in [2.24, 2.45) is 4.99 Å². The summed E-state index contributed by atoms with van der Waals surface area (Å²) in [7, 11) is 0. The zero-order valence-corrected chi connectivity index (χ0v) is 11.9. The maximum Gasteiger partial charge on any atom is 0.308 e. The SMILES string of the molecule is CC(=O)Oc1ccc(N=C2C=CC(=O)c3ccccc32)cc1. The Morgan fingerprint density at radius 3 is 2.32 bits per heavy atom. The minimum absolute atomic E-state index is 0.0141. The lowest BCUT2D eigenvalue weighted by atomic mass is 9.94. The molecule has 2 aromatic rings. The molecule has 0 atom stereocenters. The summed E-state index contributed by atoms with van der Waals surface area (Å²) in [5, 5.41) is 0. The quantitative estimate of drug-likeness (QED) is 0.628. The van der Waals surface area contributed by atoms with Crippen LogP contribution in [0, 0.1) is 0 Å². The molecule has 0 aliphatic heterocycles. The van der Waals surface area contributed by atoms with Gasteiger partial charge in [0.2, 0.25) is 0 Å². The molecule has 1 aliphatic rings. The monoisotopic (exact) mass is 291 g/mol. The summed E-state index contributed by atoms with van der Waals surface area (Å²) in [6.07, 6.45) is 3.24. The number of carbonyl (C=O) groups excluding carboxylic acids is 2. The van der Waals surface area contributed by atoms with Crippen LogP contribution in [-0.4, -0.2) is 17.5 Å². The molecule has 0 fully saturated rings. The summed E-state index contributed by atoms with van der Waals surface area (Å²) in [4.78, 5) is 27.3. The van der Waals surface area contributed by atoms with Gasteiger partial charge in [0.05, 0.1) is 11.4 Å². The fourth-order valence-corrected chi connectivity index (χ4v) is 2.25. The molecule has 3 rings (SSSR count). The van der Waals surface area contributed by atoms with Crippen LogP contribution in [0.1, 0.15) is 22.8 Å². The molecule has 22 heavy (non-hydrogen) atoms. The first-order valence-corrected chi connectivity index (χ1v) is 6.82. The Morgan fingerprint density at radius 2 is 1.64 bits per heavy atom. The van der Waals surface area contributed by atoms with Gasteiger partial charge in [0.1, 0.15) is 5.75 Å². The van der Waals surface area contributed by atoms with E-state index in [4.69, 9.17) is 4.74 Å². The molecule has 0 bridgehead atoms. The first-order chi connectivity index (χ1) is 10.6. The van der Waals surface area contributed by atoms with Crippen LogP contribution in [0.15, 0.2) is 65.7 Å². The van der Waals surface area contributed by atoms with E-state index >= 15 is 0 Å². The van der Waals surface area contributed by atoms with Crippen molar-refractivity contribution in [3.05, 3.63) is 71.8 Å². The van der Waals surface area contributed by atoms with Crippen LogP contribution in [0.25, 0.3) is 0 Å². The minimum Gasteiger partial charge on any atom is -0.427 e.